The van der Waals surface area contributed by atoms with Gasteiger partial charge in [-0.25, -0.2) is 26.3 Å². The Hall–Kier alpha value is -2.82. The third-order valence-electron chi connectivity index (χ3n) is 5.47. The zero-order valence-electron chi connectivity index (χ0n) is 17.0. The fraction of sp³-hybridized carbons (Fsp3) is 0.273. The van der Waals surface area contributed by atoms with E-state index >= 15 is 0 Å². The Labute approximate surface area is 184 Å². The summed E-state index contributed by atoms with van der Waals surface area (Å²) in [5, 5.41) is 0. The molecule has 1 saturated heterocycles. The lowest BCUT2D eigenvalue weighted by Crippen LogP contribution is -2.50. The number of benzene rings is 2. The molecule has 1 atom stereocenters. The van der Waals surface area contributed by atoms with E-state index in [0.717, 1.165) is 12.1 Å². The van der Waals surface area contributed by atoms with Gasteiger partial charge >= 0.3 is 0 Å². The second-order valence-corrected chi connectivity index (χ2v) is 9.17. The fourth-order valence-electron chi connectivity index (χ4n) is 3.82. The Bertz CT molecular complexity index is 1160. The second kappa shape index (κ2) is 9.35. The summed E-state index contributed by atoms with van der Waals surface area (Å²) in [7, 11) is -4.29. The van der Waals surface area contributed by atoms with Gasteiger partial charge in [0.2, 0.25) is 10.0 Å². The van der Waals surface area contributed by atoms with Crippen LogP contribution in [0.4, 0.5) is 18.9 Å². The monoisotopic (exact) mass is 465 g/mol. The van der Waals surface area contributed by atoms with Crippen LogP contribution in [0.15, 0.2) is 70.2 Å². The predicted molar refractivity (Wildman–Crippen MR) is 113 cm³/mol. The van der Waals surface area contributed by atoms with Crippen molar-refractivity contribution in [3.63, 3.8) is 0 Å². The molecule has 1 aromatic heterocycles. The molecular weight excluding hydrogens is 443 g/mol. The Kier molecular flexibility index (Phi) is 6.54. The number of rotatable bonds is 7. The molecule has 0 aliphatic carbocycles. The minimum atomic E-state index is -4.29. The molecule has 0 radical (unpaired) electrons. The van der Waals surface area contributed by atoms with Crippen molar-refractivity contribution in [2.45, 2.75) is 10.9 Å². The molecule has 10 heteroatoms. The van der Waals surface area contributed by atoms with Crippen LogP contribution in [0.5, 0.6) is 0 Å². The number of hydrogen-bond acceptors (Lipinski definition) is 5. The van der Waals surface area contributed by atoms with Crippen molar-refractivity contribution in [3.05, 3.63) is 84.1 Å². The third-order valence-corrected chi connectivity index (χ3v) is 6.91. The normalized spacial score (nSPS) is 16.3. The molecule has 1 aliphatic heterocycles. The zero-order chi connectivity index (χ0) is 22.7. The van der Waals surface area contributed by atoms with Crippen LogP contribution in [-0.4, -0.2) is 46.0 Å². The summed E-state index contributed by atoms with van der Waals surface area (Å²) in [6.45, 7) is 2.00. The molecule has 2 heterocycles. The van der Waals surface area contributed by atoms with E-state index in [1.807, 2.05) is 9.80 Å². The molecule has 4 rings (SSSR count). The molecule has 3 aromatic rings. The lowest BCUT2D eigenvalue weighted by Gasteiger charge is -2.39. The van der Waals surface area contributed by atoms with Gasteiger partial charge in [-0.3, -0.25) is 4.90 Å². The molecule has 32 heavy (non-hydrogen) atoms. The lowest BCUT2D eigenvalue weighted by molar-refractivity contribution is 0.166. The Morgan fingerprint density at radius 3 is 2.38 bits per heavy atom. The first kappa shape index (κ1) is 22.4. The molecule has 1 N–H and O–H groups in total. The first-order valence-corrected chi connectivity index (χ1v) is 11.5. The first-order chi connectivity index (χ1) is 15.3. The Balaban J connectivity index is 1.48. The van der Waals surface area contributed by atoms with Crippen molar-refractivity contribution < 1.29 is 26.0 Å². The maximum atomic E-state index is 14.1. The van der Waals surface area contributed by atoms with E-state index in [4.69, 9.17) is 4.42 Å². The Morgan fingerprint density at radius 1 is 0.938 bits per heavy atom. The van der Waals surface area contributed by atoms with Gasteiger partial charge in [-0.1, -0.05) is 12.1 Å². The maximum absolute atomic E-state index is 14.1. The number of hydrogen-bond donors (Lipinski definition) is 1. The van der Waals surface area contributed by atoms with E-state index in [2.05, 4.69) is 4.72 Å². The van der Waals surface area contributed by atoms with Gasteiger partial charge < -0.3 is 9.32 Å². The second-order valence-electron chi connectivity index (χ2n) is 7.43. The molecule has 0 amide bonds. The third kappa shape index (κ3) is 4.82. The highest BCUT2D eigenvalue weighted by atomic mass is 32.2. The molecule has 170 valence electrons. The minimum absolute atomic E-state index is 0.106. The van der Waals surface area contributed by atoms with Gasteiger partial charge in [0.1, 0.15) is 28.1 Å². The van der Waals surface area contributed by atoms with Gasteiger partial charge in [0.05, 0.1) is 18.0 Å². The summed E-state index contributed by atoms with van der Waals surface area (Å²) in [6.07, 6.45) is 1.48. The standard InChI is InChI=1S/C22H22F3N3O3S/c23-16-7-8-18(25)22(14-16)32(29,30)26-15-20(21-6-3-13-31-21)28-11-9-27(10-12-28)19-5-2-1-4-17(19)24/h1-8,13-14,20,26H,9-12,15H2/t20-/m1/s1. The van der Waals surface area contributed by atoms with Crippen LogP contribution in [0, 0.1) is 17.5 Å². The van der Waals surface area contributed by atoms with Gasteiger partial charge in [0.15, 0.2) is 0 Å². The van der Waals surface area contributed by atoms with Crippen LogP contribution in [0.3, 0.4) is 0 Å². The molecule has 6 nitrogen and oxygen atoms in total. The van der Waals surface area contributed by atoms with Crippen LogP contribution in [0.2, 0.25) is 0 Å². The molecule has 1 fully saturated rings. The quantitative estimate of drug-likeness (QED) is 0.578. The fourth-order valence-corrected chi connectivity index (χ4v) is 4.95. The van der Waals surface area contributed by atoms with Gasteiger partial charge in [-0.05, 0) is 42.5 Å². The molecule has 0 saturated carbocycles. The van der Waals surface area contributed by atoms with E-state index in [1.165, 1.54) is 12.3 Å². The van der Waals surface area contributed by atoms with Crippen LogP contribution in [0.25, 0.3) is 0 Å². The number of anilines is 1. The highest BCUT2D eigenvalue weighted by Crippen LogP contribution is 2.26. The molecule has 1 aliphatic rings. The average molecular weight is 465 g/mol. The topological polar surface area (TPSA) is 65.8 Å². The zero-order valence-corrected chi connectivity index (χ0v) is 17.9. The van der Waals surface area contributed by atoms with Crippen molar-refractivity contribution in [1.82, 2.24) is 9.62 Å². The predicted octanol–water partition coefficient (Wildman–Crippen LogP) is 3.54. The van der Waals surface area contributed by atoms with E-state index in [0.29, 0.717) is 43.7 Å². The van der Waals surface area contributed by atoms with Crippen molar-refractivity contribution in [1.29, 1.82) is 0 Å². The average Bonchev–Trinajstić information content (AvgIpc) is 3.31. The molecular formula is C22H22F3N3O3S. The van der Waals surface area contributed by atoms with Crippen molar-refractivity contribution >= 4 is 15.7 Å². The number of sulfonamides is 1. The van der Waals surface area contributed by atoms with Gasteiger partial charge in [-0.2, -0.15) is 0 Å². The molecule has 2 aromatic carbocycles. The highest BCUT2D eigenvalue weighted by Gasteiger charge is 2.30. The maximum Gasteiger partial charge on any atom is 0.243 e. The molecule has 0 unspecified atom stereocenters. The van der Waals surface area contributed by atoms with E-state index in [-0.39, 0.29) is 12.4 Å². The number of halogens is 3. The van der Waals surface area contributed by atoms with Crippen molar-refractivity contribution in [2.24, 2.45) is 0 Å². The van der Waals surface area contributed by atoms with Crippen molar-refractivity contribution in [2.75, 3.05) is 37.6 Å². The number of nitrogens with one attached hydrogen (secondary N) is 1. The van der Waals surface area contributed by atoms with E-state index in [9.17, 15) is 21.6 Å². The van der Waals surface area contributed by atoms with Crippen LogP contribution in [-0.2, 0) is 10.0 Å². The summed E-state index contributed by atoms with van der Waals surface area (Å²) in [5.74, 6) is -1.65. The smallest absolute Gasteiger partial charge is 0.243 e. The SMILES string of the molecule is O=S(=O)(NC[C@H](c1ccco1)N1CCN(c2ccccc2F)CC1)c1cc(F)ccc1F. The summed E-state index contributed by atoms with van der Waals surface area (Å²) in [4.78, 5) is 3.19. The van der Waals surface area contributed by atoms with E-state index in [1.54, 1.807) is 30.3 Å². The van der Waals surface area contributed by atoms with Gasteiger partial charge in [0, 0.05) is 32.7 Å². The van der Waals surface area contributed by atoms with Crippen LogP contribution < -0.4 is 9.62 Å². The molecule has 0 bridgehead atoms. The number of para-hydroxylation sites is 1. The summed E-state index contributed by atoms with van der Waals surface area (Å²) in [6, 6.07) is 11.8. The highest BCUT2D eigenvalue weighted by molar-refractivity contribution is 7.89. The number of piperazine rings is 1. The Morgan fingerprint density at radius 2 is 1.69 bits per heavy atom. The molecule has 0 spiro atoms. The van der Waals surface area contributed by atoms with Crippen LogP contribution >= 0.6 is 0 Å². The number of furan rings is 1. The number of nitrogens with zero attached hydrogens (tertiary/aromatic N) is 2. The van der Waals surface area contributed by atoms with Crippen LogP contribution in [0.1, 0.15) is 11.8 Å². The summed E-state index contributed by atoms with van der Waals surface area (Å²) >= 11 is 0. The van der Waals surface area contributed by atoms with Gasteiger partial charge in [-0.15, -0.1) is 0 Å². The van der Waals surface area contributed by atoms with Crippen molar-refractivity contribution in [3.8, 4) is 0 Å². The summed E-state index contributed by atoms with van der Waals surface area (Å²) in [5.41, 5.74) is 0.518. The first-order valence-electron chi connectivity index (χ1n) is 10.1. The summed E-state index contributed by atoms with van der Waals surface area (Å²) < 4.78 is 74.7. The van der Waals surface area contributed by atoms with E-state index < -0.39 is 32.6 Å². The minimum Gasteiger partial charge on any atom is -0.468 e. The lowest BCUT2D eigenvalue weighted by atomic mass is 10.1. The largest absolute Gasteiger partial charge is 0.468 e. The van der Waals surface area contributed by atoms with Gasteiger partial charge in [0.25, 0.3) is 0 Å².